The molecule has 19 heavy (non-hydrogen) atoms. The zero-order chi connectivity index (χ0) is 17.1. The molecular formula is C15H31N3O. The van der Waals surface area contributed by atoms with Crippen molar-refractivity contribution >= 4 is 5.78 Å². The number of hydrogen-bond acceptors (Lipinski definition) is 4. The normalized spacial score (nSPS) is 18.8. The fourth-order valence-electron chi connectivity index (χ4n) is 1.46. The molecule has 112 valence electrons. The first-order valence-corrected chi connectivity index (χ1v) is 6.65. The highest BCUT2D eigenvalue weighted by atomic mass is 16.1. The van der Waals surface area contributed by atoms with Crippen molar-refractivity contribution in [2.75, 3.05) is 6.54 Å². The van der Waals surface area contributed by atoms with Gasteiger partial charge in [0.05, 0.1) is 13.2 Å². The first kappa shape index (κ1) is 14.4. The molecule has 2 atom stereocenters. The van der Waals surface area contributed by atoms with Gasteiger partial charge in [0, 0.05) is 18.9 Å². The monoisotopic (exact) mass is 271 g/mol. The lowest BCUT2D eigenvalue weighted by Crippen LogP contribution is -2.51. The van der Waals surface area contributed by atoms with Crippen molar-refractivity contribution in [3.8, 4) is 0 Å². The summed E-state index contributed by atoms with van der Waals surface area (Å²) in [6, 6.07) is -1.66. The lowest BCUT2D eigenvalue weighted by molar-refractivity contribution is -0.129. The van der Waals surface area contributed by atoms with Gasteiger partial charge in [-0.25, -0.2) is 0 Å². The summed E-state index contributed by atoms with van der Waals surface area (Å²) in [5.41, 5.74) is 4.29. The fourth-order valence-corrected chi connectivity index (χ4v) is 1.46. The molecule has 0 saturated carbocycles. The minimum atomic E-state index is -1.66. The van der Waals surface area contributed by atoms with Crippen molar-refractivity contribution in [3.63, 3.8) is 0 Å². The Labute approximate surface area is 121 Å². The summed E-state index contributed by atoms with van der Waals surface area (Å²) >= 11 is 0. The molecule has 0 heterocycles. The second-order valence-corrected chi connectivity index (χ2v) is 6.81. The van der Waals surface area contributed by atoms with Crippen LogP contribution in [0.4, 0.5) is 0 Å². The summed E-state index contributed by atoms with van der Waals surface area (Å²) in [7, 11) is 0. The van der Waals surface area contributed by atoms with Gasteiger partial charge in [0.1, 0.15) is 0 Å². The molecule has 0 aliphatic rings. The summed E-state index contributed by atoms with van der Waals surface area (Å²) in [4.78, 5) is 12.7. The number of rotatable bonds is 7. The minimum Gasteiger partial charge on any atom is -0.386 e. The molecule has 0 aliphatic heterocycles. The van der Waals surface area contributed by atoms with Crippen LogP contribution < -0.4 is 16.4 Å². The topological polar surface area (TPSA) is 67.2 Å². The molecule has 0 aliphatic carbocycles. The largest absolute Gasteiger partial charge is 0.386 e. The Kier molecular flexibility index (Phi) is 5.25. The maximum atomic E-state index is 12.7. The molecule has 0 aromatic rings. The van der Waals surface area contributed by atoms with Crippen LogP contribution in [0.15, 0.2) is 12.4 Å². The zero-order valence-corrected chi connectivity index (χ0v) is 13.2. The highest BCUT2D eigenvalue weighted by molar-refractivity contribution is 5.88. The number of carbonyl (C=O) groups is 1. The van der Waals surface area contributed by atoms with Gasteiger partial charge in [0.15, 0.2) is 5.78 Å². The smallest absolute Gasteiger partial charge is 0.155 e. The van der Waals surface area contributed by atoms with Crippen molar-refractivity contribution in [1.29, 1.82) is 0 Å². The Morgan fingerprint density at radius 1 is 1.37 bits per heavy atom. The second kappa shape index (κ2) is 6.94. The summed E-state index contributed by atoms with van der Waals surface area (Å²) in [5.74, 6) is 0.0419. The number of hydrogen-bond donors (Lipinski definition) is 3. The van der Waals surface area contributed by atoms with Crippen molar-refractivity contribution in [2.24, 2.45) is 11.1 Å². The standard InChI is InChI=1S/C15H31N3O/c1-11(16)17-10-8-9-12(18-15(5,6)7)13(19)14(2,3)4/h12,17-18H,1,8-10,16H2,2-7H3/t12-/m1/s1/i9D,12D/t9-,12+/m0. The van der Waals surface area contributed by atoms with Gasteiger partial charge in [0.2, 0.25) is 0 Å². The van der Waals surface area contributed by atoms with Gasteiger partial charge in [-0.1, -0.05) is 27.4 Å². The Morgan fingerprint density at radius 3 is 2.26 bits per heavy atom. The minimum absolute atomic E-state index is 0.281. The molecule has 4 heteroatoms. The van der Waals surface area contributed by atoms with Crippen LogP contribution in [-0.2, 0) is 4.79 Å². The molecular weight excluding hydrogens is 238 g/mol. The van der Waals surface area contributed by atoms with Crippen molar-refractivity contribution in [1.82, 2.24) is 10.6 Å². The van der Waals surface area contributed by atoms with Crippen LogP contribution in [-0.4, -0.2) is 23.9 Å². The van der Waals surface area contributed by atoms with Crippen molar-refractivity contribution in [2.45, 2.75) is 65.9 Å². The molecule has 4 nitrogen and oxygen atoms in total. The van der Waals surface area contributed by atoms with Crippen LogP contribution in [0.3, 0.4) is 0 Å². The number of ketones is 1. The summed E-state index contributed by atoms with van der Waals surface area (Å²) in [6.45, 7) is 14.9. The molecule has 0 amide bonds. The molecule has 0 spiro atoms. The van der Waals surface area contributed by atoms with Gasteiger partial charge >= 0.3 is 0 Å². The van der Waals surface area contributed by atoms with Crippen LogP contribution >= 0.6 is 0 Å². The maximum absolute atomic E-state index is 12.7. The number of Topliss-reactive ketones (excluding diaryl/α,β-unsaturated/α-hetero) is 1. The van der Waals surface area contributed by atoms with Gasteiger partial charge in [0.25, 0.3) is 0 Å². The number of carbonyl (C=O) groups excluding carboxylic acids is 1. The quantitative estimate of drug-likeness (QED) is 0.664. The number of nitrogens with two attached hydrogens (primary N) is 1. The molecule has 0 radical (unpaired) electrons. The van der Waals surface area contributed by atoms with E-state index in [1.54, 1.807) is 20.8 Å². The fraction of sp³-hybridized carbons (Fsp3) is 0.800. The lowest BCUT2D eigenvalue weighted by Gasteiger charge is -2.32. The third-order valence-corrected chi connectivity index (χ3v) is 2.28. The molecule has 0 aromatic heterocycles. The zero-order valence-electron chi connectivity index (χ0n) is 15.2. The van der Waals surface area contributed by atoms with E-state index >= 15 is 0 Å². The molecule has 0 saturated heterocycles. The van der Waals surface area contributed by atoms with E-state index in [2.05, 4.69) is 17.2 Å². The lowest BCUT2D eigenvalue weighted by atomic mass is 9.84. The third-order valence-electron chi connectivity index (χ3n) is 2.28. The van der Waals surface area contributed by atoms with E-state index in [1.165, 1.54) is 0 Å². The third kappa shape index (κ3) is 8.65. The molecule has 0 unspecified atom stereocenters. The van der Waals surface area contributed by atoms with E-state index in [-0.39, 0.29) is 5.78 Å². The van der Waals surface area contributed by atoms with E-state index < -0.39 is 23.4 Å². The molecule has 0 bridgehead atoms. The van der Waals surface area contributed by atoms with E-state index in [0.29, 0.717) is 18.8 Å². The van der Waals surface area contributed by atoms with Crippen LogP contribution in [0, 0.1) is 5.41 Å². The summed E-state index contributed by atoms with van der Waals surface area (Å²) < 4.78 is 16.9. The van der Waals surface area contributed by atoms with E-state index in [1.807, 2.05) is 20.8 Å². The Hall–Kier alpha value is -1.03. The first-order chi connectivity index (χ1) is 9.20. The van der Waals surface area contributed by atoms with Gasteiger partial charge in [-0.15, -0.1) is 0 Å². The second-order valence-electron chi connectivity index (χ2n) is 6.81. The van der Waals surface area contributed by atoms with Crippen molar-refractivity contribution < 1.29 is 7.54 Å². The molecule has 0 fully saturated rings. The Morgan fingerprint density at radius 2 is 1.89 bits per heavy atom. The maximum Gasteiger partial charge on any atom is 0.155 e. The van der Waals surface area contributed by atoms with E-state index in [0.717, 1.165) is 0 Å². The molecule has 0 aromatic carbocycles. The Balaban J connectivity index is 5.21. The highest BCUT2D eigenvalue weighted by Crippen LogP contribution is 2.20. The van der Waals surface area contributed by atoms with E-state index in [9.17, 15) is 4.79 Å². The van der Waals surface area contributed by atoms with Crippen LogP contribution in [0.25, 0.3) is 0 Å². The van der Waals surface area contributed by atoms with Gasteiger partial charge in [-0.05, 0) is 33.6 Å². The average Bonchev–Trinajstić information content (AvgIpc) is 2.23. The average molecular weight is 271 g/mol. The van der Waals surface area contributed by atoms with Crippen molar-refractivity contribution in [3.05, 3.63) is 12.4 Å². The van der Waals surface area contributed by atoms with Crippen LogP contribution in [0.5, 0.6) is 0 Å². The SMILES string of the molecule is [2H][C@@H](CCNC(=C)N)[C@@]([2H])(NC(C)(C)C)C(=O)C(C)(C)C. The number of nitrogens with one attached hydrogen (secondary N) is 2. The molecule has 4 N–H and O–H groups in total. The van der Waals surface area contributed by atoms with Gasteiger partial charge < -0.3 is 16.4 Å². The van der Waals surface area contributed by atoms with Gasteiger partial charge in [-0.3, -0.25) is 4.79 Å². The highest BCUT2D eigenvalue weighted by Gasteiger charge is 2.31. The van der Waals surface area contributed by atoms with Crippen LogP contribution in [0.1, 0.15) is 57.1 Å². The summed E-state index contributed by atoms with van der Waals surface area (Å²) in [6.07, 6.45) is -0.583. The van der Waals surface area contributed by atoms with Crippen LogP contribution in [0.2, 0.25) is 0 Å². The predicted octanol–water partition coefficient (Wildman–Crippen LogP) is 2.16. The van der Waals surface area contributed by atoms with Gasteiger partial charge in [-0.2, -0.15) is 0 Å². The van der Waals surface area contributed by atoms with E-state index in [4.69, 9.17) is 8.48 Å². The Bertz CT molecular complexity index is 385. The predicted molar refractivity (Wildman–Crippen MR) is 81.7 cm³/mol. The first-order valence-electron chi connectivity index (χ1n) is 7.72. The molecule has 0 rings (SSSR count). The summed E-state index contributed by atoms with van der Waals surface area (Å²) in [5, 5.41) is 5.85.